The van der Waals surface area contributed by atoms with E-state index in [1.165, 1.54) is 0 Å². The van der Waals surface area contributed by atoms with Crippen molar-refractivity contribution in [2.24, 2.45) is 5.73 Å². The Morgan fingerprint density at radius 2 is 1.87 bits per heavy atom. The van der Waals surface area contributed by atoms with E-state index in [1.54, 1.807) is 36.4 Å². The van der Waals surface area contributed by atoms with Crippen LogP contribution < -0.4 is 10.5 Å². The van der Waals surface area contributed by atoms with Crippen molar-refractivity contribution in [3.8, 4) is 5.75 Å². The first-order valence-corrected chi connectivity index (χ1v) is 10.4. The third-order valence-electron chi connectivity index (χ3n) is 6.21. The molecule has 1 unspecified atom stereocenters. The van der Waals surface area contributed by atoms with Crippen LogP contribution in [0, 0.1) is 0 Å². The highest BCUT2D eigenvalue weighted by atomic mass is 19.3. The summed E-state index contributed by atoms with van der Waals surface area (Å²) in [7, 11) is 0. The smallest absolute Gasteiger partial charge is 0.387 e. The van der Waals surface area contributed by atoms with Gasteiger partial charge in [0.15, 0.2) is 0 Å². The van der Waals surface area contributed by atoms with Crippen molar-refractivity contribution in [2.45, 2.75) is 45.0 Å². The second-order valence-corrected chi connectivity index (χ2v) is 8.02. The van der Waals surface area contributed by atoms with E-state index in [-0.39, 0.29) is 29.3 Å². The number of carbonyl (C=O) groups is 2. The highest BCUT2D eigenvalue weighted by molar-refractivity contribution is 6.09. The number of piperidine rings is 1. The molecule has 2 aromatic carbocycles. The number of primary amides is 1. The van der Waals surface area contributed by atoms with Crippen molar-refractivity contribution in [3.63, 3.8) is 0 Å². The molecule has 8 heteroatoms. The van der Waals surface area contributed by atoms with Gasteiger partial charge in [0.05, 0.1) is 17.2 Å². The summed E-state index contributed by atoms with van der Waals surface area (Å²) in [6.45, 7) is 1.07. The second kappa shape index (κ2) is 8.63. The van der Waals surface area contributed by atoms with Crippen LogP contribution in [0.1, 0.15) is 57.7 Å². The molecule has 0 bridgehead atoms. The van der Waals surface area contributed by atoms with Crippen molar-refractivity contribution in [1.82, 2.24) is 9.80 Å². The summed E-state index contributed by atoms with van der Waals surface area (Å²) < 4.78 is 30.0. The first-order valence-electron chi connectivity index (χ1n) is 10.4. The van der Waals surface area contributed by atoms with E-state index in [0.717, 1.165) is 31.5 Å². The van der Waals surface area contributed by atoms with Crippen LogP contribution in [0.4, 0.5) is 8.78 Å². The molecule has 1 saturated heterocycles. The van der Waals surface area contributed by atoms with Gasteiger partial charge in [0, 0.05) is 31.2 Å². The van der Waals surface area contributed by atoms with Crippen LogP contribution in [0.5, 0.6) is 5.75 Å². The van der Waals surface area contributed by atoms with Crippen molar-refractivity contribution in [1.29, 1.82) is 0 Å². The summed E-state index contributed by atoms with van der Waals surface area (Å²) >= 11 is 0. The lowest BCUT2D eigenvalue weighted by Crippen LogP contribution is -2.45. The molecule has 2 heterocycles. The van der Waals surface area contributed by atoms with Crippen LogP contribution in [0.25, 0.3) is 0 Å². The minimum absolute atomic E-state index is 0.0411. The number of amides is 2. The number of carbonyl (C=O) groups excluding carboxylic acids is 2. The molecule has 2 N–H and O–H groups in total. The van der Waals surface area contributed by atoms with Gasteiger partial charge < -0.3 is 15.4 Å². The lowest BCUT2D eigenvalue weighted by molar-refractivity contribution is -0.0508. The Bertz CT molecular complexity index is 990. The first kappa shape index (κ1) is 21.2. The Morgan fingerprint density at radius 3 is 2.55 bits per heavy atom. The van der Waals surface area contributed by atoms with Gasteiger partial charge in [-0.1, -0.05) is 30.3 Å². The Kier molecular flexibility index (Phi) is 5.91. The number of para-hydroxylation sites is 1. The van der Waals surface area contributed by atoms with Crippen molar-refractivity contribution in [2.75, 3.05) is 13.1 Å². The van der Waals surface area contributed by atoms with Gasteiger partial charge in [0.25, 0.3) is 5.91 Å². The third-order valence-corrected chi connectivity index (χ3v) is 6.21. The highest BCUT2D eigenvalue weighted by Gasteiger charge is 2.41. The van der Waals surface area contributed by atoms with Gasteiger partial charge in [0.2, 0.25) is 5.91 Å². The zero-order chi connectivity index (χ0) is 22.1. The minimum atomic E-state index is -2.86. The van der Waals surface area contributed by atoms with Gasteiger partial charge in [-0.25, -0.2) is 0 Å². The van der Waals surface area contributed by atoms with E-state index < -0.39 is 12.5 Å². The average Bonchev–Trinajstić information content (AvgIpc) is 3.00. The van der Waals surface area contributed by atoms with Crippen LogP contribution in [0.2, 0.25) is 0 Å². The van der Waals surface area contributed by atoms with E-state index in [0.29, 0.717) is 17.7 Å². The molecule has 4 rings (SSSR count). The molecule has 0 aromatic heterocycles. The molecule has 1 atom stereocenters. The topological polar surface area (TPSA) is 75.9 Å². The van der Waals surface area contributed by atoms with Crippen LogP contribution in [0.15, 0.2) is 42.5 Å². The van der Waals surface area contributed by atoms with Gasteiger partial charge in [0.1, 0.15) is 5.75 Å². The van der Waals surface area contributed by atoms with Gasteiger partial charge in [-0.15, -0.1) is 0 Å². The number of ether oxygens (including phenoxy) is 1. The van der Waals surface area contributed by atoms with E-state index in [9.17, 15) is 18.4 Å². The summed E-state index contributed by atoms with van der Waals surface area (Å²) in [5.74, 6) is -0.554. The Morgan fingerprint density at radius 1 is 1.16 bits per heavy atom. The number of hydrogen-bond acceptors (Lipinski definition) is 4. The zero-order valence-electron chi connectivity index (χ0n) is 17.3. The third kappa shape index (κ3) is 4.12. The van der Waals surface area contributed by atoms with Gasteiger partial charge in [-0.05, 0) is 37.5 Å². The molecule has 2 amide bonds. The summed E-state index contributed by atoms with van der Waals surface area (Å²) in [6.07, 6.45) is 1.52. The number of hydrogen-bond donors (Lipinski definition) is 1. The van der Waals surface area contributed by atoms with Gasteiger partial charge in [-0.3, -0.25) is 14.5 Å². The van der Waals surface area contributed by atoms with Crippen molar-refractivity contribution < 1.29 is 23.1 Å². The van der Waals surface area contributed by atoms with Gasteiger partial charge >= 0.3 is 6.61 Å². The van der Waals surface area contributed by atoms with E-state index in [1.807, 2.05) is 17.9 Å². The Balaban J connectivity index is 1.44. The van der Waals surface area contributed by atoms with Crippen molar-refractivity contribution >= 4 is 11.8 Å². The van der Waals surface area contributed by atoms with Crippen LogP contribution in [-0.2, 0) is 6.54 Å². The SMILES string of the molecule is CC1c2cccc(C(N)=O)c2C(=O)N1C1CCN(Cc2ccccc2OC(F)F)CC1. The molecule has 0 saturated carbocycles. The minimum Gasteiger partial charge on any atom is -0.434 e. The number of nitrogens with zero attached hydrogens (tertiary/aromatic N) is 2. The number of alkyl halides is 2. The number of halogens is 2. The lowest BCUT2D eigenvalue weighted by Gasteiger charge is -2.39. The van der Waals surface area contributed by atoms with E-state index in [4.69, 9.17) is 5.73 Å². The summed E-state index contributed by atoms with van der Waals surface area (Å²) in [5, 5.41) is 0. The maximum atomic E-state index is 13.2. The molecule has 2 aliphatic rings. The number of benzene rings is 2. The van der Waals surface area contributed by atoms with Crippen LogP contribution >= 0.6 is 0 Å². The number of rotatable bonds is 6. The van der Waals surface area contributed by atoms with Crippen molar-refractivity contribution in [3.05, 3.63) is 64.7 Å². The summed E-state index contributed by atoms with van der Waals surface area (Å²) in [5.41, 5.74) is 7.71. The predicted molar refractivity (Wildman–Crippen MR) is 111 cm³/mol. The predicted octanol–water partition coefficient (Wildman–Crippen LogP) is 3.57. The fourth-order valence-corrected chi connectivity index (χ4v) is 4.74. The van der Waals surface area contributed by atoms with E-state index in [2.05, 4.69) is 9.64 Å². The molecule has 2 aromatic rings. The molecule has 0 radical (unpaired) electrons. The number of fused-ring (bicyclic) bond motifs is 1. The Hall–Kier alpha value is -3.00. The second-order valence-electron chi connectivity index (χ2n) is 8.02. The zero-order valence-corrected chi connectivity index (χ0v) is 17.3. The van der Waals surface area contributed by atoms with Crippen LogP contribution in [-0.4, -0.2) is 47.4 Å². The fraction of sp³-hybridized carbons (Fsp3) is 0.391. The summed E-state index contributed by atoms with van der Waals surface area (Å²) in [6, 6.07) is 12.0. The molecule has 164 valence electrons. The maximum Gasteiger partial charge on any atom is 0.387 e. The molecule has 31 heavy (non-hydrogen) atoms. The monoisotopic (exact) mass is 429 g/mol. The molecule has 1 fully saturated rings. The molecular weight excluding hydrogens is 404 g/mol. The summed E-state index contributed by atoms with van der Waals surface area (Å²) in [4.78, 5) is 29.0. The lowest BCUT2D eigenvalue weighted by atomic mass is 9.99. The molecular formula is C23H25F2N3O3. The molecule has 0 spiro atoms. The van der Waals surface area contributed by atoms with Gasteiger partial charge in [-0.2, -0.15) is 8.78 Å². The number of nitrogens with two attached hydrogens (primary N) is 1. The number of likely N-dealkylation sites (tertiary alicyclic amines) is 1. The average molecular weight is 429 g/mol. The molecule has 0 aliphatic carbocycles. The molecule has 6 nitrogen and oxygen atoms in total. The quantitative estimate of drug-likeness (QED) is 0.762. The maximum absolute atomic E-state index is 13.2. The van der Waals surface area contributed by atoms with E-state index >= 15 is 0 Å². The fourth-order valence-electron chi connectivity index (χ4n) is 4.74. The van der Waals surface area contributed by atoms with Crippen LogP contribution in [0.3, 0.4) is 0 Å². The first-order chi connectivity index (χ1) is 14.9. The molecule has 2 aliphatic heterocycles. The largest absolute Gasteiger partial charge is 0.434 e. The standard InChI is InChI=1S/C23H25F2N3O3/c1-14-17-6-4-7-18(21(26)29)20(17)22(30)28(14)16-9-11-27(12-10-16)13-15-5-2-3-8-19(15)31-23(24)25/h2-8,14,16,23H,9-13H2,1H3,(H2,26,29). The normalized spacial score (nSPS) is 19.7. The highest BCUT2D eigenvalue weighted by Crippen LogP contribution is 2.39. The Labute approximate surface area is 179 Å².